The van der Waals surface area contributed by atoms with Gasteiger partial charge in [0.25, 0.3) is 0 Å². The van der Waals surface area contributed by atoms with Crippen LogP contribution in [0.5, 0.6) is 5.75 Å². The lowest BCUT2D eigenvalue weighted by atomic mass is 9.77. The van der Waals surface area contributed by atoms with E-state index in [1.54, 1.807) is 11.0 Å². The van der Waals surface area contributed by atoms with Crippen LogP contribution in [-0.2, 0) is 14.3 Å². The molecule has 0 saturated carbocycles. The summed E-state index contributed by atoms with van der Waals surface area (Å²) in [6, 6.07) is 6.71. The lowest BCUT2D eigenvalue weighted by Crippen LogP contribution is -2.56. The molecule has 2 amide bonds. The fraction of sp³-hybridized carbons (Fsp3) is 0.600. The van der Waals surface area contributed by atoms with Gasteiger partial charge in [-0.1, -0.05) is 32.0 Å². The second kappa shape index (κ2) is 11.1. The van der Waals surface area contributed by atoms with E-state index in [-0.39, 0.29) is 37.0 Å². The normalized spacial score (nSPS) is 23.6. The van der Waals surface area contributed by atoms with Crippen LogP contribution in [0.2, 0.25) is 0 Å². The number of hydrogen-bond acceptors (Lipinski definition) is 6. The van der Waals surface area contributed by atoms with Crippen LogP contribution >= 0.6 is 0 Å². The van der Waals surface area contributed by atoms with E-state index in [2.05, 4.69) is 5.32 Å². The number of para-hydroxylation sites is 1. The molecular formula is C25H36N2O6. The summed E-state index contributed by atoms with van der Waals surface area (Å²) in [5.74, 6) is -0.547. The summed E-state index contributed by atoms with van der Waals surface area (Å²) >= 11 is 0. The maximum Gasteiger partial charge on any atom is 0.247 e. The number of rotatable bonds is 10. The highest BCUT2D eigenvalue weighted by Gasteiger charge is 2.50. The molecule has 0 saturated heterocycles. The minimum Gasteiger partial charge on any atom is -0.486 e. The van der Waals surface area contributed by atoms with Gasteiger partial charge in [-0.2, -0.15) is 0 Å². The fourth-order valence-corrected chi connectivity index (χ4v) is 4.48. The Bertz CT molecular complexity index is 868. The van der Waals surface area contributed by atoms with Crippen LogP contribution in [-0.4, -0.2) is 77.6 Å². The number of nitrogens with zero attached hydrogens (tertiary/aromatic N) is 1. The number of carbonyl (C=O) groups is 2. The fourth-order valence-electron chi connectivity index (χ4n) is 4.48. The van der Waals surface area contributed by atoms with Crippen LogP contribution < -0.4 is 10.1 Å². The van der Waals surface area contributed by atoms with E-state index < -0.39 is 24.2 Å². The zero-order valence-corrected chi connectivity index (χ0v) is 19.9. The van der Waals surface area contributed by atoms with E-state index in [1.807, 2.05) is 52.0 Å². The second-order valence-electron chi connectivity index (χ2n) is 9.14. The van der Waals surface area contributed by atoms with Crippen molar-refractivity contribution in [1.29, 1.82) is 0 Å². The number of fused-ring (bicyclic) bond motifs is 3. The summed E-state index contributed by atoms with van der Waals surface area (Å²) in [4.78, 5) is 27.9. The smallest absolute Gasteiger partial charge is 0.247 e. The largest absolute Gasteiger partial charge is 0.486 e. The molecule has 1 aromatic carbocycles. The minimum atomic E-state index is -1.01. The van der Waals surface area contributed by atoms with Crippen LogP contribution in [0.3, 0.4) is 0 Å². The summed E-state index contributed by atoms with van der Waals surface area (Å²) in [6.07, 6.45) is 0.697. The number of hydrogen-bond donors (Lipinski definition) is 3. The summed E-state index contributed by atoms with van der Waals surface area (Å²) in [5.41, 5.74) is 1.27. The average molecular weight is 461 g/mol. The quantitative estimate of drug-likeness (QED) is 0.458. The molecule has 3 rings (SSSR count). The molecule has 0 spiro atoms. The number of benzene rings is 1. The highest BCUT2D eigenvalue weighted by atomic mass is 16.5. The number of amides is 2. The highest BCUT2D eigenvalue weighted by molar-refractivity contribution is 5.96. The Kier molecular flexibility index (Phi) is 8.51. The molecule has 1 heterocycles. The van der Waals surface area contributed by atoms with E-state index in [4.69, 9.17) is 9.47 Å². The summed E-state index contributed by atoms with van der Waals surface area (Å²) < 4.78 is 11.7. The van der Waals surface area contributed by atoms with Gasteiger partial charge in [-0.3, -0.25) is 9.59 Å². The molecule has 8 nitrogen and oxygen atoms in total. The van der Waals surface area contributed by atoms with Crippen molar-refractivity contribution in [3.05, 3.63) is 41.5 Å². The monoisotopic (exact) mass is 460 g/mol. The van der Waals surface area contributed by atoms with Gasteiger partial charge in [-0.15, -0.1) is 0 Å². The molecule has 0 aromatic heterocycles. The first-order valence-corrected chi connectivity index (χ1v) is 11.7. The number of nitrogens with one attached hydrogen (secondary N) is 1. The molecular weight excluding hydrogens is 424 g/mol. The van der Waals surface area contributed by atoms with Gasteiger partial charge in [0.05, 0.1) is 24.7 Å². The maximum atomic E-state index is 13.1. The SMILES string of the molecule is CC(C)OCCCN(C(=O)C(C)C)[C@@H]1C=C(C(=O)NCCO)[C@@H]2c3ccccc3O[C@@H]2[C@H]1O. The Morgan fingerprint density at radius 2 is 1.94 bits per heavy atom. The van der Waals surface area contributed by atoms with Crippen molar-refractivity contribution in [2.75, 3.05) is 26.3 Å². The van der Waals surface area contributed by atoms with Crippen LogP contribution in [0.15, 0.2) is 35.9 Å². The molecule has 4 atom stereocenters. The van der Waals surface area contributed by atoms with E-state index in [0.29, 0.717) is 30.9 Å². The molecule has 0 fully saturated rings. The first-order valence-electron chi connectivity index (χ1n) is 11.7. The Balaban J connectivity index is 1.96. The summed E-state index contributed by atoms with van der Waals surface area (Å²) in [6.45, 7) is 8.36. The van der Waals surface area contributed by atoms with E-state index >= 15 is 0 Å². The summed E-state index contributed by atoms with van der Waals surface area (Å²) in [7, 11) is 0. The van der Waals surface area contributed by atoms with Gasteiger partial charge in [0.2, 0.25) is 11.8 Å². The number of ether oxygens (including phenoxy) is 2. The average Bonchev–Trinajstić information content (AvgIpc) is 3.18. The molecule has 0 radical (unpaired) electrons. The van der Waals surface area contributed by atoms with Crippen LogP contribution in [0.1, 0.15) is 45.6 Å². The van der Waals surface area contributed by atoms with Gasteiger partial charge in [0.15, 0.2) is 0 Å². The molecule has 1 aromatic rings. The molecule has 182 valence electrons. The van der Waals surface area contributed by atoms with Crippen molar-refractivity contribution in [1.82, 2.24) is 10.2 Å². The zero-order chi connectivity index (χ0) is 24.1. The molecule has 1 aliphatic carbocycles. The number of aliphatic hydroxyl groups is 2. The first kappa shape index (κ1) is 25.2. The number of aliphatic hydroxyl groups excluding tert-OH is 2. The van der Waals surface area contributed by atoms with Gasteiger partial charge in [0, 0.05) is 36.8 Å². The standard InChI is InChI=1S/C25H36N2O6/c1-15(2)25(31)27(11-7-13-32-16(3)4)19-14-18(24(30)26-10-12-28)21-17-8-5-6-9-20(17)33-23(21)22(19)29/h5-6,8-9,14-16,19,21-23,28-29H,7,10-13H2,1-4H3,(H,26,30)/t19-,21+,22+,23+/m1/s1. The van der Waals surface area contributed by atoms with Gasteiger partial charge in [-0.05, 0) is 32.4 Å². The zero-order valence-electron chi connectivity index (χ0n) is 19.9. The van der Waals surface area contributed by atoms with Crippen molar-refractivity contribution >= 4 is 11.8 Å². The van der Waals surface area contributed by atoms with Crippen molar-refractivity contribution in [3.8, 4) is 5.75 Å². The molecule has 0 unspecified atom stereocenters. The molecule has 1 aliphatic heterocycles. The third kappa shape index (κ3) is 5.57. The predicted octanol–water partition coefficient (Wildman–Crippen LogP) is 1.61. The van der Waals surface area contributed by atoms with E-state index in [9.17, 15) is 19.8 Å². The maximum absolute atomic E-state index is 13.1. The van der Waals surface area contributed by atoms with Crippen molar-refractivity contribution < 1.29 is 29.3 Å². The lowest BCUT2D eigenvalue weighted by Gasteiger charge is -2.41. The lowest BCUT2D eigenvalue weighted by molar-refractivity contribution is -0.140. The molecule has 2 aliphatic rings. The predicted molar refractivity (Wildman–Crippen MR) is 124 cm³/mol. The van der Waals surface area contributed by atoms with Gasteiger partial charge < -0.3 is 29.9 Å². The molecule has 8 heteroatoms. The first-order chi connectivity index (χ1) is 15.8. The molecule has 3 N–H and O–H groups in total. The third-order valence-electron chi connectivity index (χ3n) is 6.01. The topological polar surface area (TPSA) is 108 Å². The van der Waals surface area contributed by atoms with Gasteiger partial charge >= 0.3 is 0 Å². The third-order valence-corrected chi connectivity index (χ3v) is 6.01. The Hall–Kier alpha value is -2.42. The molecule has 33 heavy (non-hydrogen) atoms. The number of carbonyl (C=O) groups excluding carboxylic acids is 2. The Labute approximate surface area is 195 Å². The van der Waals surface area contributed by atoms with E-state index in [0.717, 1.165) is 5.56 Å². The van der Waals surface area contributed by atoms with Crippen LogP contribution in [0.4, 0.5) is 0 Å². The molecule has 0 bridgehead atoms. The second-order valence-corrected chi connectivity index (χ2v) is 9.14. The van der Waals surface area contributed by atoms with Crippen LogP contribution in [0.25, 0.3) is 0 Å². The minimum absolute atomic E-state index is 0.0902. The Morgan fingerprint density at radius 3 is 2.61 bits per heavy atom. The van der Waals surface area contributed by atoms with Crippen molar-refractivity contribution in [3.63, 3.8) is 0 Å². The Morgan fingerprint density at radius 1 is 1.21 bits per heavy atom. The van der Waals surface area contributed by atoms with Crippen molar-refractivity contribution in [2.24, 2.45) is 5.92 Å². The summed E-state index contributed by atoms with van der Waals surface area (Å²) in [5, 5.41) is 23.3. The van der Waals surface area contributed by atoms with Gasteiger partial charge in [0.1, 0.15) is 18.0 Å². The van der Waals surface area contributed by atoms with Gasteiger partial charge in [-0.25, -0.2) is 0 Å². The highest BCUT2D eigenvalue weighted by Crippen LogP contribution is 2.47. The van der Waals surface area contributed by atoms with E-state index in [1.165, 1.54) is 0 Å². The van der Waals surface area contributed by atoms with Crippen LogP contribution in [0, 0.1) is 5.92 Å². The van der Waals surface area contributed by atoms with Crippen molar-refractivity contribution in [2.45, 2.75) is 64.4 Å².